The smallest absolute Gasteiger partial charge is 0.303 e. The summed E-state index contributed by atoms with van der Waals surface area (Å²) >= 11 is 5.58. The summed E-state index contributed by atoms with van der Waals surface area (Å²) < 4.78 is 1.20. The lowest BCUT2D eigenvalue weighted by molar-refractivity contribution is 0.323. The van der Waals surface area contributed by atoms with Gasteiger partial charge in [-0.1, -0.05) is 11.6 Å². The zero-order valence-corrected chi connectivity index (χ0v) is 10.4. The molecule has 1 aliphatic heterocycles. The van der Waals surface area contributed by atoms with Crippen molar-refractivity contribution in [1.82, 2.24) is 14.5 Å². The third-order valence-electron chi connectivity index (χ3n) is 3.04. The van der Waals surface area contributed by atoms with Gasteiger partial charge in [0.05, 0.1) is 0 Å². The first kappa shape index (κ1) is 12.4. The van der Waals surface area contributed by atoms with Gasteiger partial charge in [-0.3, -0.25) is 14.3 Å². The maximum atomic E-state index is 11.5. The molecule has 0 radical (unpaired) electrons. The van der Waals surface area contributed by atoms with Gasteiger partial charge in [-0.25, -0.2) is 4.79 Å². The summed E-state index contributed by atoms with van der Waals surface area (Å²) in [5.74, 6) is 0. The molecule has 1 N–H and O–H groups in total. The number of aromatic amines is 1. The van der Waals surface area contributed by atoms with Gasteiger partial charge in [0.2, 0.25) is 0 Å². The Morgan fingerprint density at radius 2 is 1.94 bits per heavy atom. The van der Waals surface area contributed by atoms with E-state index in [1.807, 2.05) is 0 Å². The van der Waals surface area contributed by atoms with Crippen LogP contribution in [0.15, 0.2) is 15.7 Å². The molecule has 0 bridgehead atoms. The van der Waals surface area contributed by atoms with Crippen LogP contribution in [-0.4, -0.2) is 34.1 Å². The van der Waals surface area contributed by atoms with Gasteiger partial charge in [-0.15, -0.1) is 0 Å². The molecule has 1 fully saturated rings. The van der Waals surface area contributed by atoms with Crippen LogP contribution in [0.3, 0.4) is 0 Å². The van der Waals surface area contributed by atoms with Crippen molar-refractivity contribution in [3.8, 4) is 0 Å². The van der Waals surface area contributed by atoms with Crippen LogP contribution < -0.4 is 11.2 Å². The van der Waals surface area contributed by atoms with Gasteiger partial charge in [0.15, 0.2) is 0 Å². The minimum atomic E-state index is -0.427. The van der Waals surface area contributed by atoms with E-state index in [1.165, 1.54) is 23.5 Å². The first-order valence-electron chi connectivity index (χ1n) is 5.89. The monoisotopic (exact) mass is 257 g/mol. The quantitative estimate of drug-likeness (QED) is 0.807. The summed E-state index contributed by atoms with van der Waals surface area (Å²) in [6.45, 7) is 3.65. The van der Waals surface area contributed by atoms with E-state index in [1.54, 1.807) is 0 Å². The molecule has 0 atom stereocenters. The van der Waals surface area contributed by atoms with E-state index in [0.717, 1.165) is 26.1 Å². The van der Waals surface area contributed by atoms with Crippen molar-refractivity contribution in [2.24, 2.45) is 0 Å². The lowest BCUT2D eigenvalue weighted by atomic mass is 10.4. The number of hydrogen-bond donors (Lipinski definition) is 1. The molecule has 0 spiro atoms. The van der Waals surface area contributed by atoms with E-state index in [2.05, 4.69) is 9.88 Å². The van der Waals surface area contributed by atoms with Crippen molar-refractivity contribution in [2.45, 2.75) is 25.8 Å². The SMILES string of the molecule is O=c1cc(Cl)[nH]c(=O)n1CCCN1CCCC1. The number of likely N-dealkylation sites (tertiary alicyclic amines) is 1. The highest BCUT2D eigenvalue weighted by molar-refractivity contribution is 6.29. The summed E-state index contributed by atoms with van der Waals surface area (Å²) in [6.07, 6.45) is 3.31. The molecule has 2 rings (SSSR count). The van der Waals surface area contributed by atoms with Crippen LogP contribution in [-0.2, 0) is 6.54 Å². The molecule has 0 saturated carbocycles. The summed E-state index contributed by atoms with van der Waals surface area (Å²) in [5.41, 5.74) is -0.760. The predicted octanol–water partition coefficient (Wildman–Crippen LogP) is 0.676. The first-order valence-corrected chi connectivity index (χ1v) is 6.26. The molecule has 5 nitrogen and oxygen atoms in total. The lowest BCUT2D eigenvalue weighted by Gasteiger charge is -2.14. The normalized spacial score (nSPS) is 16.5. The second kappa shape index (κ2) is 5.51. The largest absolute Gasteiger partial charge is 0.329 e. The van der Waals surface area contributed by atoms with Gasteiger partial charge in [-0.2, -0.15) is 0 Å². The van der Waals surface area contributed by atoms with Gasteiger partial charge < -0.3 is 4.90 Å². The molecule has 6 heteroatoms. The third kappa shape index (κ3) is 3.20. The fourth-order valence-electron chi connectivity index (χ4n) is 2.16. The van der Waals surface area contributed by atoms with Crippen LogP contribution in [0.5, 0.6) is 0 Å². The average molecular weight is 258 g/mol. The molecule has 17 heavy (non-hydrogen) atoms. The van der Waals surface area contributed by atoms with E-state index in [9.17, 15) is 9.59 Å². The van der Waals surface area contributed by atoms with E-state index in [0.29, 0.717) is 6.54 Å². The zero-order valence-electron chi connectivity index (χ0n) is 9.62. The Hall–Kier alpha value is -1.07. The number of aromatic nitrogens is 2. The summed E-state index contributed by atoms with van der Waals surface area (Å²) in [7, 11) is 0. The molecular weight excluding hydrogens is 242 g/mol. The van der Waals surface area contributed by atoms with E-state index < -0.39 is 5.69 Å². The second-order valence-corrected chi connectivity index (χ2v) is 4.72. The average Bonchev–Trinajstić information content (AvgIpc) is 2.74. The van der Waals surface area contributed by atoms with Crippen molar-refractivity contribution in [2.75, 3.05) is 19.6 Å². The summed E-state index contributed by atoms with van der Waals surface area (Å²) in [5, 5.41) is 0.0933. The summed E-state index contributed by atoms with van der Waals surface area (Å²) in [4.78, 5) is 27.8. The van der Waals surface area contributed by atoms with Crippen molar-refractivity contribution in [3.05, 3.63) is 32.1 Å². The maximum Gasteiger partial charge on any atom is 0.329 e. The number of nitrogens with one attached hydrogen (secondary N) is 1. The number of halogens is 1. The molecule has 1 saturated heterocycles. The maximum absolute atomic E-state index is 11.5. The molecule has 94 valence electrons. The Kier molecular flexibility index (Phi) is 4.02. The van der Waals surface area contributed by atoms with Crippen molar-refractivity contribution in [3.63, 3.8) is 0 Å². The molecule has 1 aliphatic rings. The highest BCUT2D eigenvalue weighted by Crippen LogP contribution is 2.07. The Balaban J connectivity index is 1.94. The van der Waals surface area contributed by atoms with Crippen molar-refractivity contribution in [1.29, 1.82) is 0 Å². The van der Waals surface area contributed by atoms with E-state index in [-0.39, 0.29) is 10.7 Å². The van der Waals surface area contributed by atoms with Crippen LogP contribution in [0, 0.1) is 0 Å². The number of nitrogens with zero attached hydrogens (tertiary/aromatic N) is 2. The van der Waals surface area contributed by atoms with Crippen LogP contribution in [0.1, 0.15) is 19.3 Å². The minimum Gasteiger partial charge on any atom is -0.303 e. The Bertz CT molecular complexity index is 457. The predicted molar refractivity (Wildman–Crippen MR) is 66.6 cm³/mol. The third-order valence-corrected chi connectivity index (χ3v) is 3.25. The Morgan fingerprint density at radius 3 is 2.59 bits per heavy atom. The highest BCUT2D eigenvalue weighted by Gasteiger charge is 2.11. The van der Waals surface area contributed by atoms with Crippen molar-refractivity contribution >= 4 is 11.6 Å². The summed E-state index contributed by atoms with van der Waals surface area (Å²) in [6, 6.07) is 1.23. The fourth-order valence-corrected chi connectivity index (χ4v) is 2.34. The molecule has 1 aromatic heterocycles. The Morgan fingerprint density at radius 1 is 1.24 bits per heavy atom. The van der Waals surface area contributed by atoms with Gasteiger partial charge in [0.25, 0.3) is 5.56 Å². The molecule has 1 aromatic rings. The standard InChI is InChI=1S/C11H16ClN3O2/c12-9-8-10(16)15(11(17)13-9)7-3-6-14-4-1-2-5-14/h8H,1-7H2,(H,13,17). The van der Waals surface area contributed by atoms with Gasteiger partial charge >= 0.3 is 5.69 Å². The van der Waals surface area contributed by atoms with Crippen molar-refractivity contribution < 1.29 is 0 Å². The lowest BCUT2D eigenvalue weighted by Crippen LogP contribution is -2.35. The van der Waals surface area contributed by atoms with Crippen LogP contribution >= 0.6 is 11.6 Å². The molecule has 0 aliphatic carbocycles. The van der Waals surface area contributed by atoms with E-state index >= 15 is 0 Å². The molecular formula is C11H16ClN3O2. The van der Waals surface area contributed by atoms with E-state index in [4.69, 9.17) is 11.6 Å². The molecule has 0 aromatic carbocycles. The minimum absolute atomic E-state index is 0.0933. The molecule has 2 heterocycles. The second-order valence-electron chi connectivity index (χ2n) is 4.31. The topological polar surface area (TPSA) is 58.1 Å². The number of H-pyrrole nitrogens is 1. The molecule has 0 unspecified atom stereocenters. The fraction of sp³-hybridized carbons (Fsp3) is 0.636. The van der Waals surface area contributed by atoms with Crippen LogP contribution in [0.25, 0.3) is 0 Å². The van der Waals surface area contributed by atoms with Gasteiger partial charge in [0.1, 0.15) is 5.15 Å². The number of rotatable bonds is 4. The Labute approximate surface area is 104 Å². The molecule has 0 amide bonds. The van der Waals surface area contributed by atoms with Gasteiger partial charge in [-0.05, 0) is 38.9 Å². The highest BCUT2D eigenvalue weighted by atomic mass is 35.5. The van der Waals surface area contributed by atoms with Gasteiger partial charge in [0, 0.05) is 12.6 Å². The van der Waals surface area contributed by atoms with Crippen LogP contribution in [0.4, 0.5) is 0 Å². The zero-order chi connectivity index (χ0) is 12.3. The van der Waals surface area contributed by atoms with Crippen LogP contribution in [0.2, 0.25) is 5.15 Å². The first-order chi connectivity index (χ1) is 8.16. The number of hydrogen-bond acceptors (Lipinski definition) is 3.